The highest BCUT2D eigenvalue weighted by Gasteiger charge is 2.58. The van der Waals surface area contributed by atoms with Crippen molar-refractivity contribution in [1.82, 2.24) is 0 Å². The summed E-state index contributed by atoms with van der Waals surface area (Å²) < 4.78 is 22.7. The number of esters is 4. The Morgan fingerprint density at radius 2 is 1.42 bits per heavy atom. The number of ketones is 1. The fourth-order valence-corrected chi connectivity index (χ4v) is 6.42. The Balaban J connectivity index is 2.38. The van der Waals surface area contributed by atoms with E-state index in [-0.39, 0.29) is 19.3 Å². The van der Waals surface area contributed by atoms with Crippen molar-refractivity contribution in [3.63, 3.8) is 0 Å². The van der Waals surface area contributed by atoms with Crippen LogP contribution in [0.25, 0.3) is 0 Å². The van der Waals surface area contributed by atoms with Crippen LogP contribution >= 0.6 is 0 Å². The van der Waals surface area contributed by atoms with Crippen molar-refractivity contribution in [3.05, 3.63) is 22.8 Å². The predicted octanol–water partition coefficient (Wildman–Crippen LogP) is 2.75. The lowest BCUT2D eigenvalue weighted by Crippen LogP contribution is -2.57. The molecule has 3 aliphatic carbocycles. The van der Waals surface area contributed by atoms with Crippen molar-refractivity contribution in [2.24, 2.45) is 16.7 Å². The van der Waals surface area contributed by atoms with E-state index in [1.165, 1.54) is 27.7 Å². The minimum atomic E-state index is -1.39. The molecule has 1 saturated carbocycles. The van der Waals surface area contributed by atoms with E-state index in [1.807, 2.05) is 13.8 Å². The largest absolute Gasteiger partial charge is 0.461 e. The molecule has 0 heterocycles. The zero-order valence-electron chi connectivity index (χ0n) is 23.3. The van der Waals surface area contributed by atoms with E-state index in [4.69, 9.17) is 18.9 Å². The molecule has 210 valence electrons. The van der Waals surface area contributed by atoms with Gasteiger partial charge in [-0.2, -0.15) is 0 Å². The first-order valence-corrected chi connectivity index (χ1v) is 12.8. The van der Waals surface area contributed by atoms with Gasteiger partial charge in [0.05, 0.1) is 11.5 Å². The summed E-state index contributed by atoms with van der Waals surface area (Å²) in [5, 5.41) is 11.0. The van der Waals surface area contributed by atoms with E-state index in [2.05, 4.69) is 0 Å². The molecule has 10 heteroatoms. The molecule has 0 amide bonds. The van der Waals surface area contributed by atoms with Crippen LogP contribution in [0.2, 0.25) is 0 Å². The third-order valence-corrected chi connectivity index (χ3v) is 8.18. The topological polar surface area (TPSA) is 142 Å². The number of ether oxygens (including phenoxy) is 4. The average Bonchev–Trinajstić information content (AvgIpc) is 2.75. The van der Waals surface area contributed by atoms with Crippen molar-refractivity contribution >= 4 is 29.7 Å². The monoisotopic (exact) mass is 534 g/mol. The van der Waals surface area contributed by atoms with Gasteiger partial charge in [0.1, 0.15) is 18.3 Å². The minimum Gasteiger partial charge on any atom is -0.461 e. The molecular weight excluding hydrogens is 496 g/mol. The van der Waals surface area contributed by atoms with Gasteiger partial charge in [0.15, 0.2) is 11.9 Å². The molecule has 38 heavy (non-hydrogen) atoms. The van der Waals surface area contributed by atoms with Gasteiger partial charge in [-0.05, 0) is 54.9 Å². The molecule has 0 aromatic carbocycles. The van der Waals surface area contributed by atoms with Crippen LogP contribution in [0.15, 0.2) is 22.8 Å². The Kier molecular flexibility index (Phi) is 8.27. The summed E-state index contributed by atoms with van der Waals surface area (Å²) >= 11 is 0. The van der Waals surface area contributed by atoms with Gasteiger partial charge >= 0.3 is 23.9 Å². The maximum absolute atomic E-state index is 14.4. The van der Waals surface area contributed by atoms with Gasteiger partial charge in [0.25, 0.3) is 0 Å². The summed E-state index contributed by atoms with van der Waals surface area (Å²) in [6.07, 6.45) is -3.22. The maximum atomic E-state index is 14.4. The molecule has 7 atom stereocenters. The van der Waals surface area contributed by atoms with Gasteiger partial charge in [-0.1, -0.05) is 13.8 Å². The smallest absolute Gasteiger partial charge is 0.303 e. The molecular formula is C28H38O10. The molecule has 4 bridgehead atoms. The average molecular weight is 535 g/mol. The number of Topliss-reactive ketones (excluding diaryl/α,β-unsaturated/α-hetero) is 1. The SMILES string of the molecule is CC(=O)OC1C[C@H]2C(OC(C)=O)/C=C3\C[C@](C)(C(=O)C(OC(C)=O)C(=C1C)C2(C)C)C(OC(C)=O)CC3O. The quantitative estimate of drug-likeness (QED) is 0.325. The van der Waals surface area contributed by atoms with Crippen molar-refractivity contribution in [1.29, 1.82) is 0 Å². The molecule has 5 unspecified atom stereocenters. The molecule has 3 rings (SSSR count). The number of rotatable bonds is 4. The summed E-state index contributed by atoms with van der Waals surface area (Å²) in [5.41, 5.74) is -0.814. The van der Waals surface area contributed by atoms with Gasteiger partial charge < -0.3 is 24.1 Å². The van der Waals surface area contributed by atoms with Crippen LogP contribution in [-0.2, 0) is 42.9 Å². The van der Waals surface area contributed by atoms with Crippen molar-refractivity contribution in [2.45, 2.75) is 105 Å². The highest BCUT2D eigenvalue weighted by atomic mass is 16.6. The van der Waals surface area contributed by atoms with Crippen LogP contribution < -0.4 is 0 Å². The van der Waals surface area contributed by atoms with Crippen LogP contribution in [0, 0.1) is 16.7 Å². The first kappa shape index (κ1) is 29.5. The van der Waals surface area contributed by atoms with Crippen LogP contribution in [0.5, 0.6) is 0 Å². The summed E-state index contributed by atoms with van der Waals surface area (Å²) in [7, 11) is 0. The molecule has 0 saturated heterocycles. The van der Waals surface area contributed by atoms with Crippen molar-refractivity contribution in [2.75, 3.05) is 0 Å². The Hall–Kier alpha value is -3.01. The van der Waals surface area contributed by atoms with E-state index in [9.17, 15) is 29.1 Å². The number of aliphatic hydroxyl groups is 1. The van der Waals surface area contributed by atoms with Crippen molar-refractivity contribution in [3.8, 4) is 0 Å². The standard InChI is InChI=1S/C28H38O10/c1-13-21(35-14(2)29)10-19-22(36-15(3)30)9-18-12-28(8,23(11-20(18)33)37-16(4)31)26(34)25(38-17(5)32)24(13)27(19,6)7/h9,19-23,25,33H,10-12H2,1-8H3/b18-9+/t19-,20?,21?,22?,23?,25?,28-/m0/s1. The second-order valence-corrected chi connectivity index (χ2v) is 11.4. The third-order valence-electron chi connectivity index (χ3n) is 8.18. The first-order valence-electron chi connectivity index (χ1n) is 12.8. The van der Waals surface area contributed by atoms with Crippen LogP contribution in [0.4, 0.5) is 0 Å². The normalized spacial score (nSPS) is 35.8. The number of carbonyl (C=O) groups is 5. The molecule has 1 fully saturated rings. The van der Waals surface area contributed by atoms with E-state index in [0.29, 0.717) is 16.7 Å². The van der Waals surface area contributed by atoms with E-state index in [0.717, 1.165) is 0 Å². The van der Waals surface area contributed by atoms with E-state index < -0.39 is 76.9 Å². The molecule has 0 aromatic heterocycles. The highest BCUT2D eigenvalue weighted by Crippen LogP contribution is 2.53. The predicted molar refractivity (Wildman–Crippen MR) is 133 cm³/mol. The number of fused-ring (bicyclic) bond motifs is 4. The Bertz CT molecular complexity index is 1100. The molecule has 1 N–H and O–H groups in total. The Morgan fingerprint density at radius 1 is 0.868 bits per heavy atom. The lowest BCUT2D eigenvalue weighted by atomic mass is 9.57. The van der Waals surface area contributed by atoms with Gasteiger partial charge in [0, 0.05) is 40.0 Å². The Labute approximate surface area is 222 Å². The molecule has 10 nitrogen and oxygen atoms in total. The van der Waals surface area contributed by atoms with Gasteiger partial charge in [-0.25, -0.2) is 0 Å². The fraction of sp³-hybridized carbons (Fsp3) is 0.679. The van der Waals surface area contributed by atoms with Crippen LogP contribution in [-0.4, -0.2) is 65.3 Å². The number of carbonyl (C=O) groups excluding carboxylic acids is 5. The zero-order valence-corrected chi connectivity index (χ0v) is 23.3. The Morgan fingerprint density at radius 3 is 1.95 bits per heavy atom. The van der Waals surface area contributed by atoms with Crippen LogP contribution in [0.3, 0.4) is 0 Å². The van der Waals surface area contributed by atoms with Gasteiger partial charge in [-0.3, -0.25) is 24.0 Å². The highest BCUT2D eigenvalue weighted by molar-refractivity contribution is 5.94. The molecule has 0 aliphatic heterocycles. The van der Waals surface area contributed by atoms with Crippen LogP contribution in [0.1, 0.15) is 74.7 Å². The second kappa shape index (κ2) is 10.6. The summed E-state index contributed by atoms with van der Waals surface area (Å²) in [4.78, 5) is 63.0. The van der Waals surface area contributed by atoms with E-state index in [1.54, 1.807) is 19.9 Å². The summed E-state index contributed by atoms with van der Waals surface area (Å²) in [6, 6.07) is 0. The molecule has 0 radical (unpaired) electrons. The number of hydrogen-bond donors (Lipinski definition) is 1. The number of hydrogen-bond acceptors (Lipinski definition) is 10. The van der Waals surface area contributed by atoms with E-state index >= 15 is 0 Å². The number of aliphatic hydroxyl groups excluding tert-OH is 1. The second-order valence-electron chi connectivity index (χ2n) is 11.4. The third kappa shape index (κ3) is 5.55. The molecule has 3 aliphatic rings. The van der Waals surface area contributed by atoms with Crippen molar-refractivity contribution < 1.29 is 48.0 Å². The fourth-order valence-electron chi connectivity index (χ4n) is 6.42. The molecule has 0 aromatic rings. The summed E-state index contributed by atoms with van der Waals surface area (Å²) in [5.74, 6) is -3.39. The maximum Gasteiger partial charge on any atom is 0.303 e. The minimum absolute atomic E-state index is 0.00662. The lowest BCUT2D eigenvalue weighted by Gasteiger charge is -2.51. The lowest BCUT2D eigenvalue weighted by molar-refractivity contribution is -0.171. The molecule has 0 spiro atoms. The zero-order chi connectivity index (χ0) is 28.7. The summed E-state index contributed by atoms with van der Waals surface area (Å²) in [6.45, 7) is 12.0. The van der Waals surface area contributed by atoms with Gasteiger partial charge in [-0.15, -0.1) is 0 Å². The first-order chi connectivity index (χ1) is 17.5. The van der Waals surface area contributed by atoms with Gasteiger partial charge in [0.2, 0.25) is 0 Å².